The summed E-state index contributed by atoms with van der Waals surface area (Å²) in [6.45, 7) is 0.944. The van der Waals surface area contributed by atoms with Gasteiger partial charge in [-0.1, -0.05) is 24.3 Å². The molecule has 0 radical (unpaired) electrons. The van der Waals surface area contributed by atoms with Gasteiger partial charge in [-0.3, -0.25) is 4.98 Å². The van der Waals surface area contributed by atoms with E-state index in [0.29, 0.717) is 11.8 Å². The van der Waals surface area contributed by atoms with E-state index >= 15 is 0 Å². The Balaban J connectivity index is 1.73. The first-order valence-electron chi connectivity index (χ1n) is 6.79. The summed E-state index contributed by atoms with van der Waals surface area (Å²) in [5.41, 5.74) is 4.98. The quantitative estimate of drug-likeness (QED) is 0.689. The van der Waals surface area contributed by atoms with E-state index < -0.39 is 0 Å². The van der Waals surface area contributed by atoms with E-state index in [4.69, 9.17) is 11.6 Å². The smallest absolute Gasteiger partial charge is 0.124 e. The van der Waals surface area contributed by atoms with Gasteiger partial charge in [-0.05, 0) is 23.6 Å². The fraction of sp³-hybridized carbons (Fsp3) is 0.250. The Hall–Kier alpha value is -1.87. The molecule has 1 aliphatic rings. The Morgan fingerprint density at radius 3 is 3.00 bits per heavy atom. The van der Waals surface area contributed by atoms with Gasteiger partial charge in [-0.25, -0.2) is 4.98 Å². The second-order valence-corrected chi connectivity index (χ2v) is 5.50. The van der Waals surface area contributed by atoms with Gasteiger partial charge in [0.1, 0.15) is 11.3 Å². The average Bonchev–Trinajstić information content (AvgIpc) is 2.83. The minimum Gasteiger partial charge on any atom is -0.326 e. The van der Waals surface area contributed by atoms with Crippen molar-refractivity contribution >= 4 is 22.6 Å². The Kier molecular flexibility index (Phi) is 2.74. The van der Waals surface area contributed by atoms with Crippen LogP contribution in [0.25, 0.3) is 11.0 Å². The van der Waals surface area contributed by atoms with Crippen molar-refractivity contribution in [3.8, 4) is 0 Å². The van der Waals surface area contributed by atoms with Gasteiger partial charge in [0.05, 0.1) is 17.6 Å². The summed E-state index contributed by atoms with van der Waals surface area (Å²) in [7, 11) is 0. The first-order chi connectivity index (χ1) is 9.86. The van der Waals surface area contributed by atoms with Gasteiger partial charge in [0.25, 0.3) is 0 Å². The average molecular weight is 284 g/mol. The molecular formula is C16H14ClN3. The van der Waals surface area contributed by atoms with Crippen molar-refractivity contribution < 1.29 is 0 Å². The molecule has 0 saturated carbocycles. The third-order valence-electron chi connectivity index (χ3n) is 4.11. The number of hydrogen-bond donors (Lipinski definition) is 0. The van der Waals surface area contributed by atoms with Crippen LogP contribution in [0, 0.1) is 0 Å². The van der Waals surface area contributed by atoms with Crippen LogP contribution >= 0.6 is 11.6 Å². The number of rotatable bonds is 3. The standard InChI is InChI=1S/C16H14ClN3/c17-8-16-19-14-9-18-6-5-15(14)20(16)10-12-7-11-3-1-2-4-13(11)12/h1-6,9,12H,7-8,10H2. The first kappa shape index (κ1) is 11.9. The van der Waals surface area contributed by atoms with Crippen LogP contribution in [0.15, 0.2) is 42.7 Å². The molecule has 2 heterocycles. The summed E-state index contributed by atoms with van der Waals surface area (Å²) in [4.78, 5) is 8.70. The molecule has 2 aromatic heterocycles. The van der Waals surface area contributed by atoms with Gasteiger partial charge in [-0.15, -0.1) is 11.6 Å². The highest BCUT2D eigenvalue weighted by atomic mass is 35.5. The first-order valence-corrected chi connectivity index (χ1v) is 7.33. The maximum atomic E-state index is 6.04. The van der Waals surface area contributed by atoms with Crippen LogP contribution in [-0.2, 0) is 18.8 Å². The summed E-state index contributed by atoms with van der Waals surface area (Å²) in [6.07, 6.45) is 4.76. The lowest BCUT2D eigenvalue weighted by Crippen LogP contribution is -2.22. The van der Waals surface area contributed by atoms with E-state index in [0.717, 1.165) is 29.8 Å². The van der Waals surface area contributed by atoms with Crippen LogP contribution < -0.4 is 0 Å². The summed E-state index contributed by atoms with van der Waals surface area (Å²) >= 11 is 6.04. The van der Waals surface area contributed by atoms with Crippen molar-refractivity contribution in [2.45, 2.75) is 24.8 Å². The van der Waals surface area contributed by atoms with Crippen LogP contribution in [-0.4, -0.2) is 14.5 Å². The van der Waals surface area contributed by atoms with Crippen LogP contribution in [0.1, 0.15) is 22.9 Å². The molecule has 3 aromatic rings. The Morgan fingerprint density at radius 1 is 1.25 bits per heavy atom. The molecule has 0 N–H and O–H groups in total. The lowest BCUT2D eigenvalue weighted by atomic mass is 9.77. The molecule has 1 unspecified atom stereocenters. The van der Waals surface area contributed by atoms with Crippen molar-refractivity contribution in [3.63, 3.8) is 0 Å². The molecule has 100 valence electrons. The summed E-state index contributed by atoms with van der Waals surface area (Å²) in [5.74, 6) is 1.93. The number of hydrogen-bond acceptors (Lipinski definition) is 2. The fourth-order valence-corrected chi connectivity index (χ4v) is 3.29. The highest BCUT2D eigenvalue weighted by Gasteiger charge is 2.26. The zero-order valence-corrected chi connectivity index (χ0v) is 11.7. The zero-order chi connectivity index (χ0) is 13.5. The van der Waals surface area contributed by atoms with Gasteiger partial charge < -0.3 is 4.57 Å². The van der Waals surface area contributed by atoms with Crippen LogP contribution in [0.3, 0.4) is 0 Å². The normalized spacial score (nSPS) is 16.9. The van der Waals surface area contributed by atoms with Crippen molar-refractivity contribution in [2.75, 3.05) is 0 Å². The molecule has 1 aromatic carbocycles. The number of halogens is 1. The topological polar surface area (TPSA) is 30.7 Å². The zero-order valence-electron chi connectivity index (χ0n) is 11.0. The van der Waals surface area contributed by atoms with Crippen LogP contribution in [0.2, 0.25) is 0 Å². The molecule has 0 fully saturated rings. The van der Waals surface area contributed by atoms with Gasteiger partial charge in [0.15, 0.2) is 0 Å². The molecule has 3 nitrogen and oxygen atoms in total. The van der Waals surface area contributed by atoms with E-state index in [9.17, 15) is 0 Å². The van der Waals surface area contributed by atoms with E-state index in [1.807, 2.05) is 12.3 Å². The number of aromatic nitrogens is 3. The highest BCUT2D eigenvalue weighted by molar-refractivity contribution is 6.16. The maximum Gasteiger partial charge on any atom is 0.124 e. The fourth-order valence-electron chi connectivity index (χ4n) is 3.08. The lowest BCUT2D eigenvalue weighted by Gasteiger charge is -2.31. The molecule has 0 saturated heterocycles. The summed E-state index contributed by atoms with van der Waals surface area (Å²) < 4.78 is 2.24. The SMILES string of the molecule is ClCc1nc2cnccc2n1CC1Cc2ccccc21. The third kappa shape index (κ3) is 1.74. The second kappa shape index (κ2) is 4.60. The van der Waals surface area contributed by atoms with E-state index in [1.165, 1.54) is 11.1 Å². The Labute approximate surface area is 122 Å². The number of nitrogens with zero attached hydrogens (tertiary/aromatic N) is 3. The molecule has 0 aliphatic heterocycles. The lowest BCUT2D eigenvalue weighted by molar-refractivity contribution is 0.508. The molecule has 1 aliphatic carbocycles. The predicted octanol–water partition coefficient (Wildman–Crippen LogP) is 3.51. The largest absolute Gasteiger partial charge is 0.326 e. The highest BCUT2D eigenvalue weighted by Crippen LogP contribution is 2.37. The summed E-state index contributed by atoms with van der Waals surface area (Å²) in [6, 6.07) is 10.7. The van der Waals surface area contributed by atoms with Crippen molar-refractivity contribution in [2.24, 2.45) is 0 Å². The minimum atomic E-state index is 0.434. The molecule has 0 amide bonds. The number of imidazole rings is 1. The van der Waals surface area contributed by atoms with Gasteiger partial charge >= 0.3 is 0 Å². The van der Waals surface area contributed by atoms with Gasteiger partial charge in [-0.2, -0.15) is 0 Å². The van der Waals surface area contributed by atoms with Gasteiger partial charge in [0.2, 0.25) is 0 Å². The monoisotopic (exact) mass is 283 g/mol. The number of alkyl halides is 1. The Bertz CT molecular complexity index is 778. The Morgan fingerprint density at radius 2 is 2.15 bits per heavy atom. The number of benzene rings is 1. The second-order valence-electron chi connectivity index (χ2n) is 5.24. The molecular weight excluding hydrogens is 270 g/mol. The molecule has 4 rings (SSSR count). The van der Waals surface area contributed by atoms with Crippen molar-refractivity contribution in [1.82, 2.24) is 14.5 Å². The van der Waals surface area contributed by atoms with E-state index in [2.05, 4.69) is 38.8 Å². The molecule has 1 atom stereocenters. The van der Waals surface area contributed by atoms with Gasteiger partial charge in [0, 0.05) is 18.7 Å². The van der Waals surface area contributed by atoms with Crippen molar-refractivity contribution in [1.29, 1.82) is 0 Å². The molecule has 0 bridgehead atoms. The van der Waals surface area contributed by atoms with E-state index in [1.54, 1.807) is 6.20 Å². The molecule has 4 heteroatoms. The van der Waals surface area contributed by atoms with E-state index in [-0.39, 0.29) is 0 Å². The minimum absolute atomic E-state index is 0.434. The summed E-state index contributed by atoms with van der Waals surface area (Å²) in [5, 5.41) is 0. The van der Waals surface area contributed by atoms with Crippen molar-refractivity contribution in [3.05, 3.63) is 59.7 Å². The third-order valence-corrected chi connectivity index (χ3v) is 4.35. The van der Waals surface area contributed by atoms with Crippen LogP contribution in [0.4, 0.5) is 0 Å². The number of pyridine rings is 1. The number of fused-ring (bicyclic) bond motifs is 2. The maximum absolute atomic E-state index is 6.04. The predicted molar refractivity (Wildman–Crippen MR) is 80.0 cm³/mol. The molecule has 20 heavy (non-hydrogen) atoms. The molecule has 0 spiro atoms. The van der Waals surface area contributed by atoms with Crippen LogP contribution in [0.5, 0.6) is 0 Å².